The van der Waals surface area contributed by atoms with Gasteiger partial charge in [-0.2, -0.15) is 0 Å². The fraction of sp³-hybridized carbons (Fsp3) is 0.182. The smallest absolute Gasteiger partial charge is 0.326 e. The lowest BCUT2D eigenvalue weighted by molar-refractivity contribution is -0.145. The van der Waals surface area contributed by atoms with Crippen molar-refractivity contribution in [1.82, 2.24) is 5.32 Å². The van der Waals surface area contributed by atoms with E-state index in [0.717, 1.165) is 12.1 Å². The van der Waals surface area contributed by atoms with Crippen LogP contribution in [0.1, 0.15) is 6.42 Å². The Morgan fingerprint density at radius 2 is 1.95 bits per heavy atom. The summed E-state index contributed by atoms with van der Waals surface area (Å²) in [6.45, 7) is 0. The van der Waals surface area contributed by atoms with Crippen LogP contribution < -0.4 is 10.6 Å². The number of carbonyl (C=O) groups is 3. The Morgan fingerprint density at radius 1 is 1.33 bits per heavy atom. The van der Waals surface area contributed by atoms with Crippen LogP contribution in [0.4, 0.5) is 14.9 Å². The van der Waals surface area contributed by atoms with E-state index < -0.39 is 36.2 Å². The highest BCUT2D eigenvalue weighted by molar-refractivity contribution is 9.10. The maximum Gasteiger partial charge on any atom is 0.326 e. The first-order valence-corrected chi connectivity index (χ1v) is 6.54. The number of carbonyl (C=O) groups excluding carboxylic acids is 1. The van der Waals surface area contributed by atoms with Gasteiger partial charge in [0, 0.05) is 4.47 Å². The molecule has 0 radical (unpaired) electrons. The zero-order chi connectivity index (χ0) is 16.2. The average molecular weight is 384 g/mol. The van der Waals surface area contributed by atoms with Crippen LogP contribution >= 0.6 is 27.5 Å². The van der Waals surface area contributed by atoms with Gasteiger partial charge in [-0.05, 0) is 28.1 Å². The van der Waals surface area contributed by atoms with Crippen LogP contribution in [0.5, 0.6) is 0 Å². The van der Waals surface area contributed by atoms with E-state index in [4.69, 9.17) is 21.8 Å². The predicted octanol–water partition coefficient (Wildman–Crippen LogP) is 2.29. The van der Waals surface area contributed by atoms with Crippen molar-refractivity contribution in [1.29, 1.82) is 0 Å². The molecular formula is C11H9BrClFN2O5. The number of anilines is 1. The summed E-state index contributed by atoms with van der Waals surface area (Å²) in [7, 11) is 0. The number of carboxylic acids is 2. The molecule has 1 atom stereocenters. The van der Waals surface area contributed by atoms with E-state index in [-0.39, 0.29) is 15.2 Å². The molecule has 0 saturated heterocycles. The molecule has 2 amide bonds. The van der Waals surface area contributed by atoms with Crippen LogP contribution in [0.25, 0.3) is 0 Å². The number of benzene rings is 1. The highest BCUT2D eigenvalue weighted by Gasteiger charge is 2.23. The van der Waals surface area contributed by atoms with Gasteiger partial charge in [0.25, 0.3) is 0 Å². The molecule has 1 rings (SSSR count). The van der Waals surface area contributed by atoms with Gasteiger partial charge in [-0.1, -0.05) is 11.6 Å². The van der Waals surface area contributed by atoms with Crippen LogP contribution in [-0.2, 0) is 9.59 Å². The zero-order valence-corrected chi connectivity index (χ0v) is 12.5. The topological polar surface area (TPSA) is 116 Å². The number of nitrogens with one attached hydrogen (secondary N) is 2. The summed E-state index contributed by atoms with van der Waals surface area (Å²) in [6.07, 6.45) is -0.791. The first-order valence-electron chi connectivity index (χ1n) is 5.37. The average Bonchev–Trinajstić information content (AvgIpc) is 2.32. The molecule has 21 heavy (non-hydrogen) atoms. The molecule has 0 heterocycles. The van der Waals surface area contributed by atoms with Crippen LogP contribution in [-0.4, -0.2) is 34.2 Å². The van der Waals surface area contributed by atoms with Crippen molar-refractivity contribution in [2.24, 2.45) is 0 Å². The fourth-order valence-electron chi connectivity index (χ4n) is 1.34. The van der Waals surface area contributed by atoms with E-state index in [0.29, 0.717) is 0 Å². The van der Waals surface area contributed by atoms with Crippen molar-refractivity contribution < 1.29 is 29.0 Å². The normalized spacial score (nSPS) is 11.6. The van der Waals surface area contributed by atoms with E-state index in [1.807, 2.05) is 5.32 Å². The SMILES string of the molecule is O=C(O)CC(NC(=O)Nc1c(Cl)cc(F)cc1Br)C(=O)O. The molecule has 4 N–H and O–H groups in total. The summed E-state index contributed by atoms with van der Waals surface area (Å²) in [5.74, 6) is -3.52. The Morgan fingerprint density at radius 3 is 2.43 bits per heavy atom. The van der Waals surface area contributed by atoms with Crippen molar-refractivity contribution in [3.05, 3.63) is 27.4 Å². The third-order valence-corrected chi connectivity index (χ3v) is 3.15. The Bertz CT molecular complexity index is 575. The zero-order valence-electron chi connectivity index (χ0n) is 10.2. The fourth-order valence-corrected chi connectivity index (χ4v) is 2.24. The Balaban J connectivity index is 2.82. The number of amides is 2. The molecule has 0 aliphatic heterocycles. The number of carboxylic acid groups (broad SMARTS) is 2. The molecule has 1 unspecified atom stereocenters. The van der Waals surface area contributed by atoms with Gasteiger partial charge < -0.3 is 20.8 Å². The molecule has 1 aromatic carbocycles. The lowest BCUT2D eigenvalue weighted by Crippen LogP contribution is -2.44. The lowest BCUT2D eigenvalue weighted by atomic mass is 10.2. The van der Waals surface area contributed by atoms with Crippen molar-refractivity contribution in [3.8, 4) is 0 Å². The van der Waals surface area contributed by atoms with Crippen LogP contribution in [0.15, 0.2) is 16.6 Å². The van der Waals surface area contributed by atoms with E-state index >= 15 is 0 Å². The Kier molecular flexibility index (Phi) is 5.91. The summed E-state index contributed by atoms with van der Waals surface area (Å²) < 4.78 is 13.2. The second-order valence-electron chi connectivity index (χ2n) is 3.83. The van der Waals surface area contributed by atoms with Gasteiger partial charge in [0.1, 0.15) is 11.9 Å². The minimum atomic E-state index is -1.61. The quantitative estimate of drug-likeness (QED) is 0.622. The molecule has 10 heteroatoms. The van der Waals surface area contributed by atoms with Gasteiger partial charge in [0.2, 0.25) is 0 Å². The number of hydrogen-bond donors (Lipinski definition) is 4. The second-order valence-corrected chi connectivity index (χ2v) is 5.09. The summed E-state index contributed by atoms with van der Waals surface area (Å²) in [4.78, 5) is 33.0. The van der Waals surface area contributed by atoms with E-state index in [1.165, 1.54) is 0 Å². The van der Waals surface area contributed by atoms with Crippen LogP contribution in [0, 0.1) is 5.82 Å². The predicted molar refractivity (Wildman–Crippen MR) is 74.9 cm³/mol. The summed E-state index contributed by atoms with van der Waals surface area (Å²) in [6, 6.07) is -0.597. The molecule has 7 nitrogen and oxygen atoms in total. The maximum atomic E-state index is 13.0. The largest absolute Gasteiger partial charge is 0.481 e. The molecule has 0 aliphatic rings. The van der Waals surface area contributed by atoms with Gasteiger partial charge in [-0.3, -0.25) is 4.79 Å². The molecule has 0 saturated carbocycles. The Labute approximate surface area is 131 Å². The van der Waals surface area contributed by atoms with Gasteiger partial charge in [-0.25, -0.2) is 14.0 Å². The molecule has 0 aliphatic carbocycles. The molecule has 114 valence electrons. The third-order valence-electron chi connectivity index (χ3n) is 2.23. The lowest BCUT2D eigenvalue weighted by Gasteiger charge is -2.14. The summed E-state index contributed by atoms with van der Waals surface area (Å²) >= 11 is 8.72. The van der Waals surface area contributed by atoms with Crippen LogP contribution in [0.3, 0.4) is 0 Å². The standard InChI is InChI=1S/C11H9BrClFN2O5/c12-5-1-4(14)2-6(13)9(5)16-11(21)15-7(10(19)20)3-8(17)18/h1-2,7H,3H2,(H,17,18)(H,19,20)(H2,15,16,21). The minimum absolute atomic E-state index is 0.0232. The van der Waals surface area contributed by atoms with E-state index in [2.05, 4.69) is 21.2 Å². The van der Waals surface area contributed by atoms with Crippen molar-refractivity contribution >= 4 is 51.2 Å². The summed E-state index contributed by atoms with van der Waals surface area (Å²) in [5, 5.41) is 21.4. The molecular weight excluding hydrogens is 374 g/mol. The number of rotatable bonds is 5. The minimum Gasteiger partial charge on any atom is -0.481 e. The molecule has 0 fully saturated rings. The second kappa shape index (κ2) is 7.23. The first kappa shape index (κ1) is 17.2. The van der Waals surface area contributed by atoms with Crippen molar-refractivity contribution in [3.63, 3.8) is 0 Å². The van der Waals surface area contributed by atoms with E-state index in [1.54, 1.807) is 0 Å². The maximum absolute atomic E-state index is 13.0. The van der Waals surface area contributed by atoms with Gasteiger partial charge in [-0.15, -0.1) is 0 Å². The van der Waals surface area contributed by atoms with Gasteiger partial charge in [0.15, 0.2) is 0 Å². The van der Waals surface area contributed by atoms with Crippen molar-refractivity contribution in [2.75, 3.05) is 5.32 Å². The highest BCUT2D eigenvalue weighted by atomic mass is 79.9. The third kappa shape index (κ3) is 5.20. The number of urea groups is 1. The first-order chi connectivity index (χ1) is 9.70. The summed E-state index contributed by atoms with van der Waals surface area (Å²) in [5.41, 5.74) is 0.0232. The molecule has 0 spiro atoms. The van der Waals surface area contributed by atoms with Gasteiger partial charge >= 0.3 is 18.0 Å². The highest BCUT2D eigenvalue weighted by Crippen LogP contribution is 2.31. The Hall–Kier alpha value is -1.87. The molecule has 1 aromatic rings. The van der Waals surface area contributed by atoms with Crippen molar-refractivity contribution in [2.45, 2.75) is 12.5 Å². The monoisotopic (exact) mass is 382 g/mol. The van der Waals surface area contributed by atoms with Gasteiger partial charge in [0.05, 0.1) is 17.1 Å². The number of halogens is 3. The number of aliphatic carboxylic acids is 2. The molecule has 0 aromatic heterocycles. The van der Waals surface area contributed by atoms with Crippen LogP contribution in [0.2, 0.25) is 5.02 Å². The number of hydrogen-bond acceptors (Lipinski definition) is 3. The molecule has 0 bridgehead atoms. The van der Waals surface area contributed by atoms with E-state index in [9.17, 15) is 18.8 Å².